The molecule has 0 bridgehead atoms. The van der Waals surface area contributed by atoms with Crippen LogP contribution in [0.4, 0.5) is 0 Å². The molecule has 0 aliphatic carbocycles. The zero-order valence-electron chi connectivity index (χ0n) is 8.07. The van der Waals surface area contributed by atoms with Gasteiger partial charge in [0.05, 0.1) is 6.04 Å². The number of hydrogen-bond acceptors (Lipinski definition) is 2. The molecule has 0 radical (unpaired) electrons. The van der Waals surface area contributed by atoms with E-state index in [0.29, 0.717) is 0 Å². The molecular weight excluding hydrogens is 174 g/mol. The molecule has 0 fully saturated rings. The van der Waals surface area contributed by atoms with E-state index in [1.54, 1.807) is 6.20 Å². The van der Waals surface area contributed by atoms with Crippen LogP contribution >= 0.6 is 0 Å². The highest BCUT2D eigenvalue weighted by Gasteiger charge is 2.11. The molecule has 0 saturated carbocycles. The summed E-state index contributed by atoms with van der Waals surface area (Å²) in [5, 5.41) is 0. The monoisotopic (exact) mass is 187 g/mol. The van der Waals surface area contributed by atoms with Gasteiger partial charge in [0, 0.05) is 24.3 Å². The predicted octanol–water partition coefficient (Wildman–Crippen LogP) is 1.77. The SMILES string of the molecule is Cc1ccncc1C(N)c1ccc[nH]1. The van der Waals surface area contributed by atoms with Gasteiger partial charge in [0.1, 0.15) is 0 Å². The van der Waals surface area contributed by atoms with Gasteiger partial charge in [0.15, 0.2) is 0 Å². The lowest BCUT2D eigenvalue weighted by atomic mass is 10.0. The topological polar surface area (TPSA) is 54.7 Å². The molecule has 72 valence electrons. The van der Waals surface area contributed by atoms with Crippen LogP contribution in [0.25, 0.3) is 0 Å². The number of pyridine rings is 1. The third kappa shape index (κ3) is 1.54. The predicted molar refractivity (Wildman–Crippen MR) is 55.8 cm³/mol. The Morgan fingerprint density at radius 3 is 2.93 bits per heavy atom. The van der Waals surface area contributed by atoms with Crippen molar-refractivity contribution in [2.75, 3.05) is 0 Å². The average Bonchev–Trinajstić information content (AvgIpc) is 2.70. The van der Waals surface area contributed by atoms with Crippen LogP contribution in [-0.4, -0.2) is 9.97 Å². The zero-order chi connectivity index (χ0) is 9.97. The van der Waals surface area contributed by atoms with Gasteiger partial charge in [-0.2, -0.15) is 0 Å². The molecule has 0 aliphatic rings. The molecule has 0 amide bonds. The Bertz CT molecular complexity index is 406. The van der Waals surface area contributed by atoms with E-state index in [9.17, 15) is 0 Å². The molecule has 2 aromatic heterocycles. The average molecular weight is 187 g/mol. The van der Waals surface area contributed by atoms with Crippen LogP contribution < -0.4 is 5.73 Å². The van der Waals surface area contributed by atoms with Crippen molar-refractivity contribution in [2.24, 2.45) is 5.73 Å². The van der Waals surface area contributed by atoms with E-state index in [1.807, 2.05) is 37.5 Å². The van der Waals surface area contributed by atoms with E-state index in [4.69, 9.17) is 5.73 Å². The van der Waals surface area contributed by atoms with Gasteiger partial charge in [0.25, 0.3) is 0 Å². The third-order valence-corrected chi connectivity index (χ3v) is 2.37. The first-order valence-electron chi connectivity index (χ1n) is 4.58. The molecule has 1 unspecified atom stereocenters. The number of nitrogens with one attached hydrogen (secondary N) is 1. The number of aromatic amines is 1. The fraction of sp³-hybridized carbons (Fsp3) is 0.182. The second-order valence-electron chi connectivity index (χ2n) is 3.34. The van der Waals surface area contributed by atoms with Gasteiger partial charge in [-0.3, -0.25) is 4.98 Å². The molecule has 3 heteroatoms. The summed E-state index contributed by atoms with van der Waals surface area (Å²) in [6, 6.07) is 5.79. The lowest BCUT2D eigenvalue weighted by molar-refractivity contribution is 0.823. The fourth-order valence-electron chi connectivity index (χ4n) is 1.51. The summed E-state index contributed by atoms with van der Waals surface area (Å²) in [7, 11) is 0. The minimum absolute atomic E-state index is 0.112. The van der Waals surface area contributed by atoms with Crippen molar-refractivity contribution in [1.82, 2.24) is 9.97 Å². The van der Waals surface area contributed by atoms with Crippen LogP contribution in [0.3, 0.4) is 0 Å². The normalized spacial score (nSPS) is 12.7. The van der Waals surface area contributed by atoms with Crippen molar-refractivity contribution in [3.63, 3.8) is 0 Å². The van der Waals surface area contributed by atoms with E-state index in [-0.39, 0.29) is 6.04 Å². The molecule has 0 saturated heterocycles. The number of nitrogens with zero attached hydrogens (tertiary/aromatic N) is 1. The van der Waals surface area contributed by atoms with Crippen molar-refractivity contribution in [1.29, 1.82) is 0 Å². The van der Waals surface area contributed by atoms with E-state index in [1.165, 1.54) is 5.56 Å². The van der Waals surface area contributed by atoms with Crippen LogP contribution in [0.2, 0.25) is 0 Å². The largest absolute Gasteiger partial charge is 0.363 e. The Morgan fingerprint density at radius 1 is 1.43 bits per heavy atom. The zero-order valence-corrected chi connectivity index (χ0v) is 8.07. The second kappa shape index (κ2) is 3.64. The minimum atomic E-state index is -0.112. The highest BCUT2D eigenvalue weighted by atomic mass is 14.8. The van der Waals surface area contributed by atoms with E-state index in [2.05, 4.69) is 9.97 Å². The van der Waals surface area contributed by atoms with Gasteiger partial charge >= 0.3 is 0 Å². The first-order chi connectivity index (χ1) is 6.79. The second-order valence-corrected chi connectivity index (χ2v) is 3.34. The van der Waals surface area contributed by atoms with Gasteiger partial charge in [-0.1, -0.05) is 0 Å². The molecule has 0 spiro atoms. The molecule has 0 aliphatic heterocycles. The molecule has 0 aromatic carbocycles. The summed E-state index contributed by atoms with van der Waals surface area (Å²) in [6.45, 7) is 2.04. The molecule has 2 rings (SSSR count). The van der Waals surface area contributed by atoms with Gasteiger partial charge in [-0.15, -0.1) is 0 Å². The molecule has 1 atom stereocenters. The van der Waals surface area contributed by atoms with Crippen molar-refractivity contribution in [3.05, 3.63) is 53.6 Å². The fourth-order valence-corrected chi connectivity index (χ4v) is 1.51. The van der Waals surface area contributed by atoms with E-state index >= 15 is 0 Å². The quantitative estimate of drug-likeness (QED) is 0.752. The highest BCUT2D eigenvalue weighted by Crippen LogP contribution is 2.19. The smallest absolute Gasteiger partial charge is 0.0721 e. The lowest BCUT2D eigenvalue weighted by Crippen LogP contribution is -2.13. The maximum Gasteiger partial charge on any atom is 0.0721 e. The summed E-state index contributed by atoms with van der Waals surface area (Å²) in [4.78, 5) is 7.19. The maximum absolute atomic E-state index is 6.09. The Balaban J connectivity index is 2.37. The van der Waals surface area contributed by atoms with Crippen molar-refractivity contribution in [3.8, 4) is 0 Å². The first kappa shape index (κ1) is 8.97. The van der Waals surface area contributed by atoms with Crippen LogP contribution in [0, 0.1) is 6.92 Å². The number of rotatable bonds is 2. The number of H-pyrrole nitrogens is 1. The highest BCUT2D eigenvalue weighted by molar-refractivity contribution is 5.31. The van der Waals surface area contributed by atoms with Gasteiger partial charge in [0.2, 0.25) is 0 Å². The van der Waals surface area contributed by atoms with Gasteiger partial charge < -0.3 is 10.7 Å². The maximum atomic E-state index is 6.09. The van der Waals surface area contributed by atoms with Crippen molar-refractivity contribution >= 4 is 0 Å². The Morgan fingerprint density at radius 2 is 2.29 bits per heavy atom. The van der Waals surface area contributed by atoms with Crippen molar-refractivity contribution < 1.29 is 0 Å². The summed E-state index contributed by atoms with van der Waals surface area (Å²) < 4.78 is 0. The van der Waals surface area contributed by atoms with Gasteiger partial charge in [-0.05, 0) is 36.2 Å². The first-order valence-corrected chi connectivity index (χ1v) is 4.58. The standard InChI is InChI=1S/C11H13N3/c1-8-4-6-13-7-9(8)11(12)10-3-2-5-14-10/h2-7,11,14H,12H2,1H3. The summed E-state index contributed by atoms with van der Waals surface area (Å²) in [5.74, 6) is 0. The Labute approximate surface area is 83.0 Å². The van der Waals surface area contributed by atoms with Crippen LogP contribution in [-0.2, 0) is 0 Å². The molecular formula is C11H13N3. The Hall–Kier alpha value is -1.61. The number of hydrogen-bond donors (Lipinski definition) is 2. The van der Waals surface area contributed by atoms with Gasteiger partial charge in [-0.25, -0.2) is 0 Å². The minimum Gasteiger partial charge on any atom is -0.363 e. The summed E-state index contributed by atoms with van der Waals surface area (Å²) in [5.41, 5.74) is 9.34. The van der Waals surface area contributed by atoms with E-state index in [0.717, 1.165) is 11.3 Å². The number of aryl methyl sites for hydroxylation is 1. The lowest BCUT2D eigenvalue weighted by Gasteiger charge is -2.12. The molecule has 3 nitrogen and oxygen atoms in total. The molecule has 3 N–H and O–H groups in total. The summed E-state index contributed by atoms with van der Waals surface area (Å²) in [6.07, 6.45) is 5.47. The third-order valence-electron chi connectivity index (χ3n) is 2.37. The molecule has 2 heterocycles. The van der Waals surface area contributed by atoms with Crippen molar-refractivity contribution in [2.45, 2.75) is 13.0 Å². The van der Waals surface area contributed by atoms with Crippen LogP contribution in [0.5, 0.6) is 0 Å². The van der Waals surface area contributed by atoms with E-state index < -0.39 is 0 Å². The Kier molecular flexibility index (Phi) is 2.33. The van der Waals surface area contributed by atoms with Crippen LogP contribution in [0.1, 0.15) is 22.9 Å². The molecule has 14 heavy (non-hydrogen) atoms. The van der Waals surface area contributed by atoms with Crippen LogP contribution in [0.15, 0.2) is 36.8 Å². The number of aromatic nitrogens is 2. The number of nitrogens with two attached hydrogens (primary N) is 1. The summed E-state index contributed by atoms with van der Waals surface area (Å²) >= 11 is 0. The molecule has 2 aromatic rings.